The van der Waals surface area contributed by atoms with Crippen LogP contribution in [0.3, 0.4) is 0 Å². The van der Waals surface area contributed by atoms with Gasteiger partial charge in [0.25, 0.3) is 0 Å². The molecule has 0 unspecified atom stereocenters. The minimum Gasteiger partial charge on any atom is -0.322 e. The van der Waals surface area contributed by atoms with E-state index in [1.54, 1.807) is 12.3 Å². The maximum absolute atomic E-state index is 12.2. The van der Waals surface area contributed by atoms with Crippen LogP contribution in [0.5, 0.6) is 0 Å². The fourth-order valence-electron chi connectivity index (χ4n) is 2.59. The number of thioether (sulfide) groups is 1. The molecule has 0 bridgehead atoms. The van der Waals surface area contributed by atoms with Gasteiger partial charge in [-0.3, -0.25) is 14.7 Å². The van der Waals surface area contributed by atoms with Crippen LogP contribution in [0.2, 0.25) is 0 Å². The fraction of sp³-hybridized carbons (Fsp3) is 0.263. The van der Waals surface area contributed by atoms with Gasteiger partial charge in [0.2, 0.25) is 5.91 Å². The standard InChI is InChI=1S/C19H21N3OS/c23-19(9-8-17-6-3-4-10-20-17)21-18-7-2-1-5-16(18)15-22-11-13-24-14-12-22/h1-10H,11-15H2,(H,21,23). The molecule has 24 heavy (non-hydrogen) atoms. The minimum atomic E-state index is -0.137. The smallest absolute Gasteiger partial charge is 0.248 e. The lowest BCUT2D eigenvalue weighted by molar-refractivity contribution is -0.111. The van der Waals surface area contributed by atoms with Crippen molar-refractivity contribution in [2.24, 2.45) is 0 Å². The van der Waals surface area contributed by atoms with Gasteiger partial charge in [0.05, 0.1) is 5.69 Å². The van der Waals surface area contributed by atoms with Gasteiger partial charge >= 0.3 is 0 Å². The molecule has 124 valence electrons. The summed E-state index contributed by atoms with van der Waals surface area (Å²) in [7, 11) is 0. The Morgan fingerprint density at radius 1 is 1.17 bits per heavy atom. The van der Waals surface area contributed by atoms with Crippen molar-refractivity contribution < 1.29 is 4.79 Å². The first kappa shape index (κ1) is 16.7. The molecule has 1 aliphatic rings. The molecule has 1 aromatic heterocycles. The summed E-state index contributed by atoms with van der Waals surface area (Å²) in [6, 6.07) is 13.6. The highest BCUT2D eigenvalue weighted by atomic mass is 32.2. The van der Waals surface area contributed by atoms with E-state index in [1.807, 2.05) is 48.2 Å². The third kappa shape index (κ3) is 4.94. The van der Waals surface area contributed by atoms with Gasteiger partial charge in [0.15, 0.2) is 0 Å². The van der Waals surface area contributed by atoms with Crippen molar-refractivity contribution in [2.45, 2.75) is 6.54 Å². The summed E-state index contributed by atoms with van der Waals surface area (Å²) in [5.74, 6) is 2.23. The number of aromatic nitrogens is 1. The van der Waals surface area contributed by atoms with Crippen LogP contribution in [0, 0.1) is 0 Å². The van der Waals surface area contributed by atoms with Gasteiger partial charge in [-0.05, 0) is 29.8 Å². The quantitative estimate of drug-likeness (QED) is 0.849. The Hall–Kier alpha value is -2.11. The Bertz CT molecular complexity index is 697. The van der Waals surface area contributed by atoms with Gasteiger partial charge in [0.1, 0.15) is 0 Å². The number of hydrogen-bond acceptors (Lipinski definition) is 4. The Labute approximate surface area is 147 Å². The molecular formula is C19H21N3OS. The average molecular weight is 339 g/mol. The molecule has 1 N–H and O–H groups in total. The number of para-hydroxylation sites is 1. The summed E-state index contributed by atoms with van der Waals surface area (Å²) in [5.41, 5.74) is 2.81. The summed E-state index contributed by atoms with van der Waals surface area (Å²) >= 11 is 2.00. The maximum Gasteiger partial charge on any atom is 0.248 e. The van der Waals surface area contributed by atoms with Crippen LogP contribution in [-0.4, -0.2) is 40.4 Å². The molecule has 0 aliphatic carbocycles. The molecule has 1 aromatic carbocycles. The highest BCUT2D eigenvalue weighted by molar-refractivity contribution is 7.99. The molecule has 1 amide bonds. The van der Waals surface area contributed by atoms with Crippen molar-refractivity contribution in [3.05, 3.63) is 66.0 Å². The van der Waals surface area contributed by atoms with E-state index >= 15 is 0 Å². The lowest BCUT2D eigenvalue weighted by atomic mass is 10.1. The van der Waals surface area contributed by atoms with Crippen LogP contribution in [0.25, 0.3) is 6.08 Å². The summed E-state index contributed by atoms with van der Waals surface area (Å²) < 4.78 is 0. The monoisotopic (exact) mass is 339 g/mol. The van der Waals surface area contributed by atoms with E-state index < -0.39 is 0 Å². The normalized spacial score (nSPS) is 15.5. The zero-order valence-electron chi connectivity index (χ0n) is 13.5. The van der Waals surface area contributed by atoms with Crippen LogP contribution in [0.15, 0.2) is 54.7 Å². The molecule has 3 rings (SSSR count). The topological polar surface area (TPSA) is 45.2 Å². The minimum absolute atomic E-state index is 0.137. The van der Waals surface area contributed by atoms with Crippen molar-refractivity contribution in [2.75, 3.05) is 29.9 Å². The van der Waals surface area contributed by atoms with Crippen molar-refractivity contribution in [3.63, 3.8) is 0 Å². The summed E-state index contributed by atoms with van der Waals surface area (Å²) in [6.07, 6.45) is 4.96. The van der Waals surface area contributed by atoms with Crippen molar-refractivity contribution in [3.8, 4) is 0 Å². The second-order valence-corrected chi connectivity index (χ2v) is 6.85. The van der Waals surface area contributed by atoms with E-state index in [2.05, 4.69) is 21.3 Å². The third-order valence-corrected chi connectivity index (χ3v) is 4.81. The Kier molecular flexibility index (Phi) is 6.04. The number of carbonyl (C=O) groups is 1. The molecule has 1 saturated heterocycles. The molecule has 0 radical (unpaired) electrons. The van der Waals surface area contributed by atoms with Crippen molar-refractivity contribution in [1.82, 2.24) is 9.88 Å². The van der Waals surface area contributed by atoms with Crippen LogP contribution in [0.1, 0.15) is 11.3 Å². The molecule has 0 atom stereocenters. The number of carbonyl (C=O) groups excluding carboxylic acids is 1. The molecular weight excluding hydrogens is 318 g/mol. The second kappa shape index (κ2) is 8.66. The maximum atomic E-state index is 12.2. The molecule has 1 aliphatic heterocycles. The Morgan fingerprint density at radius 3 is 2.75 bits per heavy atom. The summed E-state index contributed by atoms with van der Waals surface area (Å²) in [6.45, 7) is 3.08. The lowest BCUT2D eigenvalue weighted by Crippen LogP contribution is -2.32. The van der Waals surface area contributed by atoms with Crippen LogP contribution in [-0.2, 0) is 11.3 Å². The predicted molar refractivity (Wildman–Crippen MR) is 101 cm³/mol. The first-order valence-corrected chi connectivity index (χ1v) is 9.25. The molecule has 4 nitrogen and oxygen atoms in total. The lowest BCUT2D eigenvalue weighted by Gasteiger charge is -2.27. The first-order valence-electron chi connectivity index (χ1n) is 8.09. The van der Waals surface area contributed by atoms with Gasteiger partial charge in [-0.1, -0.05) is 24.3 Å². The number of rotatable bonds is 5. The van der Waals surface area contributed by atoms with Gasteiger partial charge in [-0.2, -0.15) is 11.8 Å². The van der Waals surface area contributed by atoms with Gasteiger partial charge in [0, 0.05) is 49.1 Å². The largest absolute Gasteiger partial charge is 0.322 e. The summed E-state index contributed by atoms with van der Waals surface area (Å²) in [5, 5.41) is 2.98. The highest BCUT2D eigenvalue weighted by Crippen LogP contribution is 2.19. The number of anilines is 1. The van der Waals surface area contributed by atoms with Gasteiger partial charge in [-0.25, -0.2) is 0 Å². The fourth-order valence-corrected chi connectivity index (χ4v) is 3.57. The second-order valence-electron chi connectivity index (χ2n) is 5.62. The number of benzene rings is 1. The number of hydrogen-bond donors (Lipinski definition) is 1. The van der Waals surface area contributed by atoms with Crippen molar-refractivity contribution >= 4 is 29.4 Å². The van der Waals surface area contributed by atoms with Crippen LogP contribution in [0.4, 0.5) is 5.69 Å². The Balaban J connectivity index is 1.64. The molecule has 0 spiro atoms. The number of amides is 1. The zero-order valence-corrected chi connectivity index (χ0v) is 14.3. The Morgan fingerprint density at radius 2 is 1.96 bits per heavy atom. The van der Waals surface area contributed by atoms with Crippen molar-refractivity contribution in [1.29, 1.82) is 0 Å². The molecule has 2 aromatic rings. The van der Waals surface area contributed by atoms with E-state index in [0.29, 0.717) is 0 Å². The van der Waals surface area contributed by atoms with E-state index in [-0.39, 0.29) is 5.91 Å². The third-order valence-electron chi connectivity index (χ3n) is 3.87. The number of nitrogens with one attached hydrogen (secondary N) is 1. The number of pyridine rings is 1. The van der Waals surface area contributed by atoms with Crippen LogP contribution >= 0.6 is 11.8 Å². The molecule has 0 saturated carbocycles. The molecule has 5 heteroatoms. The van der Waals surface area contributed by atoms with E-state index in [4.69, 9.17) is 0 Å². The average Bonchev–Trinajstić information content (AvgIpc) is 2.63. The highest BCUT2D eigenvalue weighted by Gasteiger charge is 2.13. The number of nitrogens with zero attached hydrogens (tertiary/aromatic N) is 2. The zero-order chi connectivity index (χ0) is 16.6. The molecule has 2 heterocycles. The predicted octanol–water partition coefficient (Wildman–Crippen LogP) is 3.28. The first-order chi connectivity index (χ1) is 11.8. The SMILES string of the molecule is O=C(C=Cc1ccccn1)Nc1ccccc1CN1CCSCC1. The van der Waals surface area contributed by atoms with Gasteiger partial charge < -0.3 is 5.32 Å². The van der Waals surface area contributed by atoms with E-state index in [0.717, 1.165) is 36.6 Å². The van der Waals surface area contributed by atoms with Crippen LogP contribution < -0.4 is 5.32 Å². The van der Waals surface area contributed by atoms with Gasteiger partial charge in [-0.15, -0.1) is 0 Å². The molecule has 1 fully saturated rings. The van der Waals surface area contributed by atoms with E-state index in [9.17, 15) is 4.79 Å². The van der Waals surface area contributed by atoms with E-state index in [1.165, 1.54) is 17.6 Å². The summed E-state index contributed by atoms with van der Waals surface area (Å²) in [4.78, 5) is 18.8.